The second-order valence-electron chi connectivity index (χ2n) is 3.43. The van der Waals surface area contributed by atoms with E-state index >= 15 is 0 Å². The first-order chi connectivity index (χ1) is 7.31. The van der Waals surface area contributed by atoms with Crippen molar-refractivity contribution in [2.45, 2.75) is 18.2 Å². The predicted molar refractivity (Wildman–Crippen MR) is 63.7 cm³/mol. The first-order valence-corrected chi connectivity index (χ1v) is 5.88. The summed E-state index contributed by atoms with van der Waals surface area (Å²) >= 11 is 1.84. The van der Waals surface area contributed by atoms with Gasteiger partial charge in [-0.1, -0.05) is 12.1 Å². The van der Waals surface area contributed by atoms with Crippen molar-refractivity contribution >= 4 is 17.4 Å². The predicted octanol–water partition coefficient (Wildman–Crippen LogP) is 3.39. The van der Waals surface area contributed by atoms with Gasteiger partial charge in [-0.05, 0) is 25.5 Å². The van der Waals surface area contributed by atoms with Crippen LogP contribution in [0.2, 0.25) is 0 Å². The maximum absolute atomic E-state index is 8.87. The number of para-hydroxylation sites is 1. The number of benzene rings is 1. The lowest BCUT2D eigenvalue weighted by Crippen LogP contribution is -2.01. The van der Waals surface area contributed by atoms with Gasteiger partial charge >= 0.3 is 0 Å². The number of allylic oxidation sites excluding steroid dienone is 2. The molecule has 1 heterocycles. The fraction of sp³-hybridized carbons (Fsp3) is 0.250. The third-order valence-corrected chi connectivity index (χ3v) is 3.48. The molecule has 0 aliphatic carbocycles. The number of nitrogens with one attached hydrogen (secondary N) is 1. The molecule has 0 spiro atoms. The van der Waals surface area contributed by atoms with Crippen molar-refractivity contribution in [3.8, 4) is 6.07 Å². The molecule has 3 heteroatoms. The minimum Gasteiger partial charge on any atom is -0.357 e. The Labute approximate surface area is 94.0 Å². The third-order valence-electron chi connectivity index (χ3n) is 2.40. The van der Waals surface area contributed by atoms with Gasteiger partial charge in [-0.25, -0.2) is 0 Å². The molecule has 0 saturated carbocycles. The van der Waals surface area contributed by atoms with Crippen LogP contribution in [0.3, 0.4) is 0 Å². The molecule has 0 saturated heterocycles. The Morgan fingerprint density at radius 3 is 3.07 bits per heavy atom. The van der Waals surface area contributed by atoms with Gasteiger partial charge in [-0.15, -0.1) is 11.8 Å². The normalized spacial score (nSPS) is 18.1. The van der Waals surface area contributed by atoms with E-state index in [1.54, 1.807) is 0 Å². The highest BCUT2D eigenvalue weighted by atomic mass is 32.2. The zero-order chi connectivity index (χ0) is 10.7. The fourth-order valence-corrected chi connectivity index (χ4v) is 2.51. The van der Waals surface area contributed by atoms with Gasteiger partial charge in [0.25, 0.3) is 0 Å². The van der Waals surface area contributed by atoms with E-state index in [-0.39, 0.29) is 0 Å². The second-order valence-corrected chi connectivity index (χ2v) is 4.57. The molecule has 0 amide bonds. The minimum absolute atomic E-state index is 0.785. The fourth-order valence-electron chi connectivity index (χ4n) is 1.53. The molecule has 2 rings (SSSR count). The summed E-state index contributed by atoms with van der Waals surface area (Å²) in [4.78, 5) is 1.26. The van der Waals surface area contributed by atoms with E-state index in [1.165, 1.54) is 4.90 Å². The van der Waals surface area contributed by atoms with Gasteiger partial charge in [0.15, 0.2) is 0 Å². The Kier molecular flexibility index (Phi) is 2.98. The maximum atomic E-state index is 8.87. The Bertz CT molecular complexity index is 443. The van der Waals surface area contributed by atoms with Crippen LogP contribution in [0.25, 0.3) is 0 Å². The lowest BCUT2D eigenvalue weighted by atomic mass is 10.2. The molecule has 0 atom stereocenters. The largest absolute Gasteiger partial charge is 0.357 e. The molecule has 15 heavy (non-hydrogen) atoms. The molecule has 2 nitrogen and oxygen atoms in total. The summed E-state index contributed by atoms with van der Waals surface area (Å²) in [5, 5.41) is 12.2. The number of anilines is 1. The minimum atomic E-state index is 0.785. The molecule has 1 aliphatic rings. The standard InChI is InChI=1S/C12H12N2S/c1-9(8-13)10-6-7-15-12-5-3-2-4-11(12)14-10/h2-5,14H,6-7H2,1H3/b10-9-. The van der Waals surface area contributed by atoms with Crippen molar-refractivity contribution in [3.05, 3.63) is 35.5 Å². The maximum Gasteiger partial charge on any atom is 0.0962 e. The number of nitriles is 1. The van der Waals surface area contributed by atoms with Gasteiger partial charge in [-0.2, -0.15) is 5.26 Å². The topological polar surface area (TPSA) is 35.8 Å². The molecule has 0 unspecified atom stereocenters. The van der Waals surface area contributed by atoms with E-state index in [2.05, 4.69) is 23.5 Å². The van der Waals surface area contributed by atoms with Crippen molar-refractivity contribution in [2.75, 3.05) is 11.1 Å². The smallest absolute Gasteiger partial charge is 0.0962 e. The monoisotopic (exact) mass is 216 g/mol. The molecule has 0 fully saturated rings. The number of nitrogens with zero attached hydrogens (tertiary/aromatic N) is 1. The molecule has 0 aromatic heterocycles. The van der Waals surface area contributed by atoms with Crippen LogP contribution >= 0.6 is 11.8 Å². The van der Waals surface area contributed by atoms with Crippen LogP contribution < -0.4 is 5.32 Å². The number of hydrogen-bond acceptors (Lipinski definition) is 3. The molecule has 1 aliphatic heterocycles. The second kappa shape index (κ2) is 4.41. The summed E-state index contributed by atoms with van der Waals surface area (Å²) in [7, 11) is 0. The van der Waals surface area contributed by atoms with Crippen LogP contribution in [0.5, 0.6) is 0 Å². The van der Waals surface area contributed by atoms with Crippen LogP contribution in [0.4, 0.5) is 5.69 Å². The Balaban J connectivity index is 2.38. The van der Waals surface area contributed by atoms with Crippen LogP contribution in [0.1, 0.15) is 13.3 Å². The van der Waals surface area contributed by atoms with E-state index in [4.69, 9.17) is 5.26 Å². The number of rotatable bonds is 0. The molecule has 1 N–H and O–H groups in total. The average molecular weight is 216 g/mol. The van der Waals surface area contributed by atoms with E-state index in [0.29, 0.717) is 0 Å². The van der Waals surface area contributed by atoms with Crippen molar-refractivity contribution in [3.63, 3.8) is 0 Å². The van der Waals surface area contributed by atoms with Gasteiger partial charge in [0.1, 0.15) is 0 Å². The summed E-state index contributed by atoms with van der Waals surface area (Å²) in [6.07, 6.45) is 0.929. The Morgan fingerprint density at radius 1 is 1.47 bits per heavy atom. The van der Waals surface area contributed by atoms with Gasteiger partial charge in [0.05, 0.1) is 11.8 Å². The van der Waals surface area contributed by atoms with Gasteiger partial charge in [0.2, 0.25) is 0 Å². The van der Waals surface area contributed by atoms with Gasteiger partial charge in [-0.3, -0.25) is 0 Å². The molecular weight excluding hydrogens is 204 g/mol. The lowest BCUT2D eigenvalue weighted by Gasteiger charge is -2.09. The first-order valence-electron chi connectivity index (χ1n) is 4.90. The number of hydrogen-bond donors (Lipinski definition) is 1. The van der Waals surface area contributed by atoms with Crippen molar-refractivity contribution < 1.29 is 0 Å². The number of thioether (sulfide) groups is 1. The highest BCUT2D eigenvalue weighted by Crippen LogP contribution is 2.33. The van der Waals surface area contributed by atoms with E-state index in [0.717, 1.165) is 29.1 Å². The van der Waals surface area contributed by atoms with Crippen LogP contribution in [0.15, 0.2) is 40.4 Å². The molecule has 76 valence electrons. The lowest BCUT2D eigenvalue weighted by molar-refractivity contribution is 1.10. The molecule has 0 radical (unpaired) electrons. The van der Waals surface area contributed by atoms with E-state index in [1.807, 2.05) is 30.8 Å². The van der Waals surface area contributed by atoms with Crippen molar-refractivity contribution in [2.24, 2.45) is 0 Å². The quantitative estimate of drug-likeness (QED) is 0.675. The molecule has 1 aromatic rings. The molecular formula is C12H12N2S. The average Bonchev–Trinajstić information content (AvgIpc) is 2.49. The van der Waals surface area contributed by atoms with E-state index < -0.39 is 0 Å². The first kappa shape index (κ1) is 10.1. The van der Waals surface area contributed by atoms with Crippen LogP contribution in [-0.2, 0) is 0 Å². The highest BCUT2D eigenvalue weighted by Gasteiger charge is 2.11. The summed E-state index contributed by atoms with van der Waals surface area (Å²) in [5.41, 5.74) is 2.95. The Morgan fingerprint density at radius 2 is 2.27 bits per heavy atom. The van der Waals surface area contributed by atoms with Gasteiger partial charge in [0, 0.05) is 21.9 Å². The van der Waals surface area contributed by atoms with Gasteiger partial charge < -0.3 is 5.32 Å². The Hall–Kier alpha value is -1.40. The summed E-state index contributed by atoms with van der Waals surface area (Å²) in [5.74, 6) is 1.03. The zero-order valence-corrected chi connectivity index (χ0v) is 9.40. The zero-order valence-electron chi connectivity index (χ0n) is 8.58. The SMILES string of the molecule is C/C(C#N)=C1\CCSc2ccccc2N1. The van der Waals surface area contributed by atoms with Crippen LogP contribution in [-0.4, -0.2) is 5.75 Å². The number of fused-ring (bicyclic) bond motifs is 1. The molecule has 0 bridgehead atoms. The highest BCUT2D eigenvalue weighted by molar-refractivity contribution is 7.99. The van der Waals surface area contributed by atoms with Crippen molar-refractivity contribution in [1.29, 1.82) is 5.26 Å². The third kappa shape index (κ3) is 2.16. The van der Waals surface area contributed by atoms with Crippen LogP contribution in [0, 0.1) is 11.3 Å². The summed E-state index contributed by atoms with van der Waals surface area (Å²) in [6.45, 7) is 1.86. The van der Waals surface area contributed by atoms with E-state index in [9.17, 15) is 0 Å². The molecule has 1 aromatic carbocycles. The summed E-state index contributed by atoms with van der Waals surface area (Å²) < 4.78 is 0. The summed E-state index contributed by atoms with van der Waals surface area (Å²) in [6, 6.07) is 10.4. The van der Waals surface area contributed by atoms with Crippen molar-refractivity contribution in [1.82, 2.24) is 0 Å².